The fourth-order valence-corrected chi connectivity index (χ4v) is 5.05. The first-order valence-corrected chi connectivity index (χ1v) is 13.5. The van der Waals surface area contributed by atoms with Crippen molar-refractivity contribution in [2.24, 2.45) is 10.2 Å². The zero-order chi connectivity index (χ0) is 31.0. The number of benzene rings is 3. The first kappa shape index (κ1) is 28.1. The monoisotopic (exact) mass is 588 g/mol. The number of nitrogen functional groups attached to an aromatic ring is 2. The van der Waals surface area contributed by atoms with Gasteiger partial charge in [-0.05, 0) is 49.4 Å². The zero-order valence-electron chi connectivity index (χ0n) is 24.4. The Morgan fingerprint density at radius 1 is 0.818 bits per heavy atom. The van der Waals surface area contributed by atoms with Crippen molar-refractivity contribution < 1.29 is 19.0 Å². The molecular weight excluding hydrogens is 560 g/mol. The van der Waals surface area contributed by atoms with E-state index >= 15 is 0 Å². The lowest BCUT2D eigenvalue weighted by molar-refractivity contribution is 0.101. The Bertz CT molecular complexity index is 2070. The average molecular weight is 589 g/mol. The van der Waals surface area contributed by atoms with E-state index in [1.165, 1.54) is 11.4 Å². The minimum atomic E-state index is -0.247. The van der Waals surface area contributed by atoms with Crippen LogP contribution in [-0.2, 0) is 0 Å². The fourth-order valence-electron chi connectivity index (χ4n) is 5.05. The smallest absolute Gasteiger partial charge is 0.188 e. The number of fused-ring (bicyclic) bond motifs is 2. The molecule has 12 nitrogen and oxygen atoms in total. The summed E-state index contributed by atoms with van der Waals surface area (Å²) in [5, 5.41) is 13.8. The third-order valence-electron chi connectivity index (χ3n) is 7.13. The molecule has 0 fully saturated rings. The van der Waals surface area contributed by atoms with Crippen molar-refractivity contribution >= 4 is 45.3 Å². The van der Waals surface area contributed by atoms with Gasteiger partial charge in [-0.2, -0.15) is 5.11 Å². The van der Waals surface area contributed by atoms with E-state index in [-0.39, 0.29) is 34.2 Å². The Labute approximate surface area is 251 Å². The molecule has 0 bridgehead atoms. The Hall–Kier alpha value is -6.04. The zero-order valence-corrected chi connectivity index (χ0v) is 24.4. The maximum atomic E-state index is 13.1. The number of nitrogens with two attached hydrogens (primary N) is 2. The van der Waals surface area contributed by atoms with Gasteiger partial charge in [0, 0.05) is 11.1 Å². The molecule has 0 saturated carbocycles. The molecule has 44 heavy (non-hydrogen) atoms. The number of pyridine rings is 1. The second-order valence-electron chi connectivity index (χ2n) is 9.77. The largest absolute Gasteiger partial charge is 0.497 e. The number of ether oxygens (including phenoxy) is 3. The molecule has 6 aromatic rings. The van der Waals surface area contributed by atoms with E-state index in [2.05, 4.69) is 15.3 Å². The number of Topliss-reactive ketones (excluding diaryl/α,β-unsaturated/α-hetero) is 1. The Morgan fingerprint density at radius 3 is 2.20 bits per heavy atom. The highest BCUT2D eigenvalue weighted by Crippen LogP contribution is 2.42. The van der Waals surface area contributed by atoms with E-state index in [0.29, 0.717) is 56.5 Å². The highest BCUT2D eigenvalue weighted by Gasteiger charge is 2.26. The van der Waals surface area contributed by atoms with E-state index in [1.807, 2.05) is 36.4 Å². The van der Waals surface area contributed by atoms with Crippen LogP contribution < -0.4 is 25.7 Å². The molecule has 12 heteroatoms. The molecule has 0 aliphatic heterocycles. The van der Waals surface area contributed by atoms with Crippen molar-refractivity contribution in [3.05, 3.63) is 78.4 Å². The first-order valence-electron chi connectivity index (χ1n) is 13.5. The highest BCUT2D eigenvalue weighted by atomic mass is 16.5. The third kappa shape index (κ3) is 4.77. The minimum Gasteiger partial charge on any atom is -0.497 e. The average Bonchev–Trinajstić information content (AvgIpc) is 3.36. The maximum absolute atomic E-state index is 13.1. The van der Waals surface area contributed by atoms with Crippen molar-refractivity contribution in [2.45, 2.75) is 6.92 Å². The van der Waals surface area contributed by atoms with Crippen LogP contribution in [0.5, 0.6) is 17.2 Å². The Balaban J connectivity index is 1.70. The first-order chi connectivity index (χ1) is 21.3. The van der Waals surface area contributed by atoms with Crippen LogP contribution in [0.2, 0.25) is 0 Å². The van der Waals surface area contributed by atoms with E-state index < -0.39 is 0 Å². The third-order valence-corrected chi connectivity index (χ3v) is 7.13. The molecule has 3 aromatic heterocycles. The number of anilines is 2. The van der Waals surface area contributed by atoms with Crippen LogP contribution in [0.3, 0.4) is 0 Å². The minimum absolute atomic E-state index is 0.0837. The van der Waals surface area contributed by atoms with Crippen LogP contribution in [0.1, 0.15) is 17.3 Å². The van der Waals surface area contributed by atoms with Gasteiger partial charge in [0.05, 0.1) is 55.0 Å². The van der Waals surface area contributed by atoms with E-state index in [0.717, 1.165) is 0 Å². The van der Waals surface area contributed by atoms with Crippen LogP contribution in [0, 0.1) is 0 Å². The summed E-state index contributed by atoms with van der Waals surface area (Å²) < 4.78 is 17.8. The standard InChI is InChI=1S/C32H28N8O4/c1-17(41)24-26(33)25-29(19-10-15-22(43-3)23(16-19)44-4)40-32(36-31(25)35-27(24)18-8-6-5-7-9-18)28(30(34)39-40)38-37-20-11-13-21(42-2)14-12-20/h5-16H,33H2,1-4H3,(H2,34,39). The number of azo groups is 1. The number of carbonyl (C=O) groups is 1. The number of nitrogens with zero attached hydrogens (tertiary/aromatic N) is 6. The molecule has 0 atom stereocenters. The lowest BCUT2D eigenvalue weighted by Crippen LogP contribution is -2.09. The SMILES string of the molecule is COc1ccc(N=Nc2c(N)nn3c(-c4ccc(OC)c(OC)c4)c4c(N)c(C(C)=O)c(-c5ccccc5)nc4nc23)cc1. The number of methoxy groups -OCH3 is 3. The summed E-state index contributed by atoms with van der Waals surface area (Å²) >= 11 is 0. The summed E-state index contributed by atoms with van der Waals surface area (Å²) in [4.78, 5) is 22.8. The van der Waals surface area contributed by atoms with Crippen molar-refractivity contribution in [3.63, 3.8) is 0 Å². The summed E-state index contributed by atoms with van der Waals surface area (Å²) in [6, 6.07) is 21.8. The number of hydrogen-bond acceptors (Lipinski definition) is 11. The molecule has 0 aliphatic rings. The molecule has 0 saturated heterocycles. The van der Waals surface area contributed by atoms with Gasteiger partial charge < -0.3 is 25.7 Å². The quantitative estimate of drug-likeness (QED) is 0.151. The Morgan fingerprint density at radius 2 is 1.55 bits per heavy atom. The summed E-state index contributed by atoms with van der Waals surface area (Å²) in [6.45, 7) is 1.46. The van der Waals surface area contributed by atoms with Crippen LogP contribution in [0.4, 0.5) is 22.9 Å². The van der Waals surface area contributed by atoms with Crippen LogP contribution in [-0.4, -0.2) is 46.7 Å². The second kappa shape index (κ2) is 11.3. The molecule has 0 amide bonds. The molecule has 6 rings (SSSR count). The van der Waals surface area contributed by atoms with E-state index in [9.17, 15) is 4.79 Å². The summed E-state index contributed by atoms with van der Waals surface area (Å²) in [7, 11) is 4.69. The number of hydrogen-bond donors (Lipinski definition) is 2. The molecule has 0 spiro atoms. The number of aromatic nitrogens is 4. The molecule has 0 aliphatic carbocycles. The van der Waals surface area contributed by atoms with Crippen LogP contribution >= 0.6 is 0 Å². The van der Waals surface area contributed by atoms with Gasteiger partial charge >= 0.3 is 0 Å². The van der Waals surface area contributed by atoms with Gasteiger partial charge in [0.2, 0.25) is 0 Å². The van der Waals surface area contributed by atoms with Gasteiger partial charge in [-0.15, -0.1) is 10.2 Å². The molecule has 0 unspecified atom stereocenters. The fraction of sp³-hybridized carbons (Fsp3) is 0.125. The molecule has 220 valence electrons. The normalized spacial score (nSPS) is 11.4. The number of ketones is 1. The predicted molar refractivity (Wildman–Crippen MR) is 168 cm³/mol. The number of rotatable bonds is 8. The molecule has 4 N–H and O–H groups in total. The van der Waals surface area contributed by atoms with Gasteiger partial charge in [0.15, 0.2) is 40.1 Å². The highest BCUT2D eigenvalue weighted by molar-refractivity contribution is 6.14. The van der Waals surface area contributed by atoms with Gasteiger partial charge in [-0.25, -0.2) is 14.5 Å². The van der Waals surface area contributed by atoms with Crippen molar-refractivity contribution in [1.29, 1.82) is 0 Å². The molecular formula is C32H28N8O4. The van der Waals surface area contributed by atoms with Gasteiger partial charge in [-0.1, -0.05) is 30.3 Å². The summed E-state index contributed by atoms with van der Waals surface area (Å²) in [6.07, 6.45) is 0. The molecule has 3 heterocycles. The van der Waals surface area contributed by atoms with E-state index in [4.69, 9.17) is 35.6 Å². The summed E-state index contributed by atoms with van der Waals surface area (Å²) in [5.41, 5.74) is 17.3. The topological polar surface area (TPSA) is 165 Å². The summed E-state index contributed by atoms with van der Waals surface area (Å²) in [5.74, 6) is 1.53. The lowest BCUT2D eigenvalue weighted by Gasteiger charge is -2.17. The van der Waals surface area contributed by atoms with Crippen LogP contribution in [0.25, 0.3) is 39.2 Å². The van der Waals surface area contributed by atoms with Gasteiger partial charge in [0.1, 0.15) is 5.75 Å². The Kier molecular flexibility index (Phi) is 7.23. The number of carbonyl (C=O) groups excluding carboxylic acids is 1. The maximum Gasteiger partial charge on any atom is 0.188 e. The van der Waals surface area contributed by atoms with Gasteiger partial charge in [-0.3, -0.25) is 4.79 Å². The predicted octanol–water partition coefficient (Wildman–Crippen LogP) is 6.42. The second-order valence-corrected chi connectivity index (χ2v) is 9.77. The lowest BCUT2D eigenvalue weighted by atomic mass is 9.97. The van der Waals surface area contributed by atoms with E-state index in [1.54, 1.807) is 57.7 Å². The molecule has 0 radical (unpaired) electrons. The van der Waals surface area contributed by atoms with Crippen molar-refractivity contribution in [2.75, 3.05) is 32.8 Å². The van der Waals surface area contributed by atoms with Crippen LogP contribution in [0.15, 0.2) is 83.0 Å². The van der Waals surface area contributed by atoms with Crippen molar-refractivity contribution in [1.82, 2.24) is 19.6 Å². The molecule has 3 aromatic carbocycles. The van der Waals surface area contributed by atoms with Crippen molar-refractivity contribution in [3.8, 4) is 39.8 Å². The van der Waals surface area contributed by atoms with Gasteiger partial charge in [0.25, 0.3) is 0 Å².